The van der Waals surface area contributed by atoms with Crippen molar-refractivity contribution in [2.45, 2.75) is 32.4 Å². The topological polar surface area (TPSA) is 73.8 Å². The molecule has 2 atom stereocenters. The van der Waals surface area contributed by atoms with E-state index in [1.807, 2.05) is 12.4 Å². The largest absolute Gasteiger partial charge is 0.348 e. The number of piperidine rings is 1. The average molecular weight is 387 g/mol. The lowest BCUT2D eigenvalue weighted by molar-refractivity contribution is -0.148. The molecule has 0 saturated carbocycles. The van der Waals surface area contributed by atoms with Gasteiger partial charge in [0.25, 0.3) is 0 Å². The number of thiazole rings is 1. The maximum atomic E-state index is 13.1. The average Bonchev–Trinajstić information content (AvgIpc) is 2.95. The van der Waals surface area contributed by atoms with Gasteiger partial charge in [-0.15, -0.1) is 11.3 Å². The number of hydrogen-bond acceptors (Lipinski definition) is 6. The van der Waals surface area contributed by atoms with Crippen LogP contribution in [0.5, 0.6) is 0 Å². The molecule has 0 unspecified atom stereocenters. The molecule has 2 fully saturated rings. The Labute approximate surface area is 153 Å². The number of carbonyl (C=O) groups excluding carboxylic acids is 1. The van der Waals surface area contributed by atoms with E-state index in [4.69, 9.17) is 0 Å². The molecule has 0 spiro atoms. The van der Waals surface area contributed by atoms with Crippen LogP contribution in [0.1, 0.15) is 23.4 Å². The van der Waals surface area contributed by atoms with Gasteiger partial charge in [0.15, 0.2) is 0 Å². The number of rotatable bonds is 3. The zero-order valence-corrected chi connectivity index (χ0v) is 16.9. The summed E-state index contributed by atoms with van der Waals surface area (Å²) >= 11 is 1.63. The van der Waals surface area contributed by atoms with Gasteiger partial charge in [0.2, 0.25) is 15.9 Å². The van der Waals surface area contributed by atoms with E-state index in [9.17, 15) is 13.2 Å². The van der Waals surface area contributed by atoms with Crippen LogP contribution < -0.4 is 0 Å². The molecule has 1 aromatic rings. The molecule has 0 aliphatic carbocycles. The molecule has 3 heterocycles. The van der Waals surface area contributed by atoms with Crippen molar-refractivity contribution in [3.63, 3.8) is 0 Å². The van der Waals surface area contributed by atoms with Crippen LogP contribution >= 0.6 is 11.3 Å². The van der Waals surface area contributed by atoms with Gasteiger partial charge in [0.05, 0.1) is 22.4 Å². The van der Waals surface area contributed by atoms with Crippen LogP contribution in [0, 0.1) is 12.3 Å². The Morgan fingerprint density at radius 3 is 2.80 bits per heavy atom. The number of nitrogens with zero attached hydrogens (tertiary/aromatic N) is 4. The van der Waals surface area contributed by atoms with Gasteiger partial charge in [-0.05, 0) is 19.8 Å². The first-order chi connectivity index (χ1) is 11.7. The van der Waals surface area contributed by atoms with Crippen molar-refractivity contribution in [1.29, 1.82) is 0 Å². The molecule has 7 nitrogen and oxygen atoms in total. The lowest BCUT2D eigenvalue weighted by Crippen LogP contribution is -2.66. The summed E-state index contributed by atoms with van der Waals surface area (Å²) in [5.74, 6) is 0.0671. The van der Waals surface area contributed by atoms with E-state index in [0.29, 0.717) is 19.4 Å². The highest BCUT2D eigenvalue weighted by molar-refractivity contribution is 7.89. The fourth-order valence-electron chi connectivity index (χ4n) is 4.17. The molecule has 25 heavy (non-hydrogen) atoms. The first kappa shape index (κ1) is 18.8. The van der Waals surface area contributed by atoms with Crippen molar-refractivity contribution in [1.82, 2.24) is 19.1 Å². The lowest BCUT2D eigenvalue weighted by atomic mass is 9.72. The molecule has 3 rings (SSSR count). The number of aryl methyl sites for hydroxylation is 1. The molecule has 1 aromatic heterocycles. The van der Waals surface area contributed by atoms with Crippen molar-refractivity contribution in [3.05, 3.63) is 16.1 Å². The highest BCUT2D eigenvalue weighted by Crippen LogP contribution is 2.43. The number of amides is 1. The van der Waals surface area contributed by atoms with Crippen LogP contribution in [0.25, 0.3) is 0 Å². The van der Waals surface area contributed by atoms with Gasteiger partial charge in [-0.2, -0.15) is 0 Å². The van der Waals surface area contributed by atoms with E-state index in [2.05, 4.69) is 9.88 Å². The maximum absolute atomic E-state index is 13.1. The maximum Gasteiger partial charge on any atom is 0.231 e. The second-order valence-electron chi connectivity index (χ2n) is 7.31. The fraction of sp³-hybridized carbons (Fsp3) is 0.750. The molecule has 0 radical (unpaired) electrons. The highest BCUT2D eigenvalue weighted by Gasteiger charge is 2.56. The number of hydrogen-bond donors (Lipinski definition) is 0. The van der Waals surface area contributed by atoms with Crippen LogP contribution in [-0.4, -0.2) is 79.4 Å². The minimum Gasteiger partial charge on any atom is -0.348 e. The summed E-state index contributed by atoms with van der Waals surface area (Å²) in [6, 6.07) is -0.264. The Hall–Kier alpha value is -1.03. The number of likely N-dealkylation sites (tertiary alicyclic amines) is 1. The second-order valence-corrected chi connectivity index (χ2v) is 10.4. The van der Waals surface area contributed by atoms with E-state index in [-0.39, 0.29) is 17.7 Å². The molecule has 2 aliphatic rings. The third-order valence-electron chi connectivity index (χ3n) is 5.59. The van der Waals surface area contributed by atoms with Crippen LogP contribution in [0.4, 0.5) is 0 Å². The summed E-state index contributed by atoms with van der Waals surface area (Å²) in [6.07, 6.45) is 1.06. The summed E-state index contributed by atoms with van der Waals surface area (Å²) in [5, 5.41) is 0. The molecule has 2 saturated heterocycles. The Bertz CT molecular complexity index is 761. The molecule has 2 aliphatic heterocycles. The Morgan fingerprint density at radius 2 is 2.20 bits per heavy atom. The number of carbonyl (C=O) groups is 1. The molecule has 0 bridgehead atoms. The molecular formula is C16H26N4O3S2. The summed E-state index contributed by atoms with van der Waals surface area (Å²) in [5.41, 5.74) is 2.21. The molecule has 0 N–H and O–H groups in total. The van der Waals surface area contributed by atoms with Crippen molar-refractivity contribution < 1.29 is 13.2 Å². The van der Waals surface area contributed by atoms with Gasteiger partial charge in [0.1, 0.15) is 0 Å². The third-order valence-corrected chi connectivity index (χ3v) is 8.36. The van der Waals surface area contributed by atoms with E-state index in [0.717, 1.165) is 18.8 Å². The first-order valence-corrected chi connectivity index (χ1v) is 10.9. The minimum absolute atomic E-state index is 0.0324. The quantitative estimate of drug-likeness (QED) is 0.767. The zero-order valence-electron chi connectivity index (χ0n) is 15.2. The summed E-state index contributed by atoms with van der Waals surface area (Å²) in [6.45, 7) is 4.14. The van der Waals surface area contributed by atoms with Crippen LogP contribution in [0.3, 0.4) is 0 Å². The Morgan fingerprint density at radius 1 is 1.48 bits per heavy atom. The smallest absolute Gasteiger partial charge is 0.231 e. The van der Waals surface area contributed by atoms with Crippen molar-refractivity contribution >= 4 is 27.3 Å². The first-order valence-electron chi connectivity index (χ1n) is 8.46. The van der Waals surface area contributed by atoms with E-state index < -0.39 is 15.4 Å². The molecule has 9 heteroatoms. The van der Waals surface area contributed by atoms with E-state index >= 15 is 0 Å². The lowest BCUT2D eigenvalue weighted by Gasteiger charge is -2.53. The van der Waals surface area contributed by atoms with Gasteiger partial charge in [-0.3, -0.25) is 9.69 Å². The SMILES string of the molecule is Cc1ncsc1CN1CC[C@H]2N(C)S(=O)(=O)CC[C@]2(C(=O)N(C)C)C1. The van der Waals surface area contributed by atoms with Crippen LogP contribution in [0.15, 0.2) is 5.51 Å². The predicted molar refractivity (Wildman–Crippen MR) is 97.8 cm³/mol. The number of sulfonamides is 1. The Balaban J connectivity index is 1.91. The number of fused-ring (bicyclic) bond motifs is 1. The van der Waals surface area contributed by atoms with Crippen molar-refractivity contribution in [3.8, 4) is 0 Å². The normalized spacial score (nSPS) is 30.0. The molecule has 140 valence electrons. The fourth-order valence-corrected chi connectivity index (χ4v) is 6.59. The summed E-state index contributed by atoms with van der Waals surface area (Å²) < 4.78 is 26.1. The van der Waals surface area contributed by atoms with E-state index in [1.54, 1.807) is 37.4 Å². The van der Waals surface area contributed by atoms with E-state index in [1.165, 1.54) is 9.18 Å². The summed E-state index contributed by atoms with van der Waals surface area (Å²) in [7, 11) is 1.86. The number of aromatic nitrogens is 1. The molecular weight excluding hydrogens is 360 g/mol. The molecule has 1 amide bonds. The second kappa shape index (κ2) is 6.61. The van der Waals surface area contributed by atoms with Crippen molar-refractivity contribution in [2.24, 2.45) is 5.41 Å². The monoisotopic (exact) mass is 386 g/mol. The highest BCUT2D eigenvalue weighted by atomic mass is 32.2. The van der Waals surface area contributed by atoms with Crippen molar-refractivity contribution in [2.75, 3.05) is 40.0 Å². The zero-order chi connectivity index (χ0) is 18.4. The predicted octanol–water partition coefficient (Wildman–Crippen LogP) is 0.766. The van der Waals surface area contributed by atoms with Crippen LogP contribution in [0.2, 0.25) is 0 Å². The van der Waals surface area contributed by atoms with Gasteiger partial charge >= 0.3 is 0 Å². The Kier molecular flexibility index (Phi) is 4.95. The van der Waals surface area contributed by atoms with Gasteiger partial charge in [-0.25, -0.2) is 17.7 Å². The van der Waals surface area contributed by atoms with Gasteiger partial charge in [-0.1, -0.05) is 0 Å². The van der Waals surface area contributed by atoms with Gasteiger partial charge in [0, 0.05) is 51.7 Å². The third kappa shape index (κ3) is 3.22. The standard InChI is InChI=1S/C16H26N4O3S2/c1-12-13(24-11-17-12)9-20-7-5-14-16(10-20,15(21)18(2)3)6-8-25(22,23)19(14)4/h11,14H,5-10H2,1-4H3/t14-,16+/m1/s1. The van der Waals surface area contributed by atoms with Crippen LogP contribution in [-0.2, 0) is 21.4 Å². The van der Waals surface area contributed by atoms with Gasteiger partial charge < -0.3 is 4.90 Å². The summed E-state index contributed by atoms with van der Waals surface area (Å²) in [4.78, 5) is 22.5. The molecule has 0 aromatic carbocycles. The minimum atomic E-state index is -3.27.